The van der Waals surface area contributed by atoms with Crippen molar-refractivity contribution in [1.29, 1.82) is 0 Å². The molecule has 0 aliphatic carbocycles. The van der Waals surface area contributed by atoms with Crippen LogP contribution in [0.3, 0.4) is 0 Å². The van der Waals surface area contributed by atoms with E-state index in [0.29, 0.717) is 6.61 Å². The molecule has 0 amide bonds. The van der Waals surface area contributed by atoms with Gasteiger partial charge in [0, 0.05) is 20.7 Å². The minimum absolute atomic E-state index is 0.500. The summed E-state index contributed by atoms with van der Waals surface area (Å²) < 4.78 is 8.93. The molecule has 0 aliphatic heterocycles. The van der Waals surface area contributed by atoms with Gasteiger partial charge < -0.3 is 4.74 Å². The second-order valence-electron chi connectivity index (χ2n) is 5.31. The van der Waals surface area contributed by atoms with Crippen LogP contribution >= 0.6 is 47.8 Å². The molecule has 0 fully saturated rings. The maximum atomic E-state index is 6.05. The van der Waals surface area contributed by atoms with Crippen LogP contribution in [0.1, 0.15) is 11.1 Å². The molecule has 2 nitrogen and oxygen atoms in total. The van der Waals surface area contributed by atoms with Crippen molar-refractivity contribution in [2.75, 3.05) is 0 Å². The molecule has 0 unspecified atom stereocenters. The van der Waals surface area contributed by atoms with Gasteiger partial charge in [-0.15, -0.1) is 0 Å². The standard InChI is InChI=1S/C20H14Br3NO/c21-16-6-8-18(9-7-16)24-12-15-10-17(22)11-19(23)20(15)25-13-14-4-2-1-3-5-14/h1-12H,13H2. The molecule has 0 bridgehead atoms. The molecule has 3 aromatic rings. The molecule has 0 atom stereocenters. The van der Waals surface area contributed by atoms with Gasteiger partial charge in [-0.3, -0.25) is 4.99 Å². The third-order valence-electron chi connectivity index (χ3n) is 3.44. The number of aliphatic imine (C=N–C) groups is 1. The van der Waals surface area contributed by atoms with Gasteiger partial charge >= 0.3 is 0 Å². The van der Waals surface area contributed by atoms with Crippen molar-refractivity contribution in [2.24, 2.45) is 4.99 Å². The molecule has 25 heavy (non-hydrogen) atoms. The van der Waals surface area contributed by atoms with E-state index in [4.69, 9.17) is 4.74 Å². The van der Waals surface area contributed by atoms with Crippen LogP contribution in [-0.4, -0.2) is 6.21 Å². The monoisotopic (exact) mass is 521 g/mol. The molecule has 0 saturated carbocycles. The van der Waals surface area contributed by atoms with Gasteiger partial charge in [-0.1, -0.05) is 62.2 Å². The highest BCUT2D eigenvalue weighted by atomic mass is 79.9. The van der Waals surface area contributed by atoms with Gasteiger partial charge in [-0.05, 0) is 57.9 Å². The van der Waals surface area contributed by atoms with E-state index in [-0.39, 0.29) is 0 Å². The van der Waals surface area contributed by atoms with Crippen molar-refractivity contribution in [2.45, 2.75) is 6.61 Å². The Kier molecular flexibility index (Phi) is 6.45. The van der Waals surface area contributed by atoms with E-state index in [1.54, 1.807) is 0 Å². The van der Waals surface area contributed by atoms with Gasteiger partial charge in [0.1, 0.15) is 12.4 Å². The van der Waals surface area contributed by atoms with Crippen LogP contribution in [0.15, 0.2) is 85.1 Å². The number of rotatable bonds is 5. The van der Waals surface area contributed by atoms with E-state index in [2.05, 4.69) is 52.8 Å². The van der Waals surface area contributed by atoms with Gasteiger partial charge in [0.05, 0.1) is 10.2 Å². The zero-order chi connectivity index (χ0) is 17.6. The Labute approximate surface area is 172 Å². The van der Waals surface area contributed by atoms with Crippen LogP contribution in [0, 0.1) is 0 Å². The highest BCUT2D eigenvalue weighted by Gasteiger charge is 2.09. The zero-order valence-electron chi connectivity index (χ0n) is 13.1. The Bertz CT molecular complexity index is 877. The number of halogens is 3. The first-order valence-electron chi connectivity index (χ1n) is 7.57. The average molecular weight is 524 g/mol. The number of hydrogen-bond acceptors (Lipinski definition) is 2. The van der Waals surface area contributed by atoms with E-state index >= 15 is 0 Å². The van der Waals surface area contributed by atoms with E-state index in [1.807, 2.05) is 72.9 Å². The lowest BCUT2D eigenvalue weighted by molar-refractivity contribution is 0.304. The third kappa shape index (κ3) is 5.27. The number of nitrogens with zero attached hydrogens (tertiary/aromatic N) is 1. The van der Waals surface area contributed by atoms with Crippen molar-refractivity contribution < 1.29 is 4.74 Å². The fourth-order valence-electron chi connectivity index (χ4n) is 2.23. The summed E-state index contributed by atoms with van der Waals surface area (Å²) in [7, 11) is 0. The molecule has 0 heterocycles. The summed E-state index contributed by atoms with van der Waals surface area (Å²) in [6.07, 6.45) is 1.82. The lowest BCUT2D eigenvalue weighted by Gasteiger charge is -2.12. The summed E-state index contributed by atoms with van der Waals surface area (Å²) in [4.78, 5) is 4.55. The molecular weight excluding hydrogens is 510 g/mol. The second-order valence-corrected chi connectivity index (χ2v) is 8.00. The molecule has 0 N–H and O–H groups in total. The fraction of sp³-hybridized carbons (Fsp3) is 0.0500. The Morgan fingerprint density at radius 3 is 2.28 bits per heavy atom. The summed E-state index contributed by atoms with van der Waals surface area (Å²) in [5, 5.41) is 0. The lowest BCUT2D eigenvalue weighted by atomic mass is 10.2. The van der Waals surface area contributed by atoms with Crippen LogP contribution in [0.5, 0.6) is 5.75 Å². The Morgan fingerprint density at radius 1 is 0.840 bits per heavy atom. The number of hydrogen-bond donors (Lipinski definition) is 0. The normalized spacial score (nSPS) is 11.0. The maximum Gasteiger partial charge on any atom is 0.142 e. The van der Waals surface area contributed by atoms with Crippen molar-refractivity contribution in [3.8, 4) is 5.75 Å². The summed E-state index contributed by atoms with van der Waals surface area (Å²) in [5.41, 5.74) is 2.90. The van der Waals surface area contributed by atoms with Crippen LogP contribution in [0.2, 0.25) is 0 Å². The fourth-order valence-corrected chi connectivity index (χ4v) is 3.87. The smallest absolute Gasteiger partial charge is 0.142 e. The average Bonchev–Trinajstić information content (AvgIpc) is 2.61. The molecular formula is C20H14Br3NO. The van der Waals surface area contributed by atoms with Gasteiger partial charge in [-0.25, -0.2) is 0 Å². The molecule has 0 saturated heterocycles. The third-order valence-corrected chi connectivity index (χ3v) is 5.02. The molecule has 0 aromatic heterocycles. The topological polar surface area (TPSA) is 21.6 Å². The van der Waals surface area contributed by atoms with Crippen LogP contribution in [0.25, 0.3) is 0 Å². The predicted octanol–water partition coefficient (Wildman–Crippen LogP) is 7.30. The van der Waals surface area contributed by atoms with Crippen molar-refractivity contribution in [1.82, 2.24) is 0 Å². The van der Waals surface area contributed by atoms with Gasteiger partial charge in [0.15, 0.2) is 0 Å². The van der Waals surface area contributed by atoms with E-state index in [9.17, 15) is 0 Å². The quantitative estimate of drug-likeness (QED) is 0.321. The summed E-state index contributed by atoms with van der Waals surface area (Å²) in [5.74, 6) is 0.771. The SMILES string of the molecule is Brc1ccc(N=Cc2cc(Br)cc(Br)c2OCc2ccccc2)cc1. The molecule has 3 rings (SSSR count). The molecule has 5 heteroatoms. The highest BCUT2D eigenvalue weighted by Crippen LogP contribution is 2.33. The molecule has 126 valence electrons. The maximum absolute atomic E-state index is 6.05. The van der Waals surface area contributed by atoms with Crippen molar-refractivity contribution in [3.05, 3.63) is 91.3 Å². The molecule has 0 aliphatic rings. The summed E-state index contributed by atoms with van der Waals surface area (Å²) >= 11 is 10.5. The van der Waals surface area contributed by atoms with E-state index in [1.165, 1.54) is 0 Å². The van der Waals surface area contributed by atoms with Crippen LogP contribution in [0.4, 0.5) is 5.69 Å². The first-order chi connectivity index (χ1) is 12.1. The van der Waals surface area contributed by atoms with E-state index in [0.717, 1.165) is 36.0 Å². The molecule has 0 spiro atoms. The highest BCUT2D eigenvalue weighted by molar-refractivity contribution is 9.11. The van der Waals surface area contributed by atoms with E-state index < -0.39 is 0 Å². The minimum atomic E-state index is 0.500. The molecule has 3 aromatic carbocycles. The lowest BCUT2D eigenvalue weighted by Crippen LogP contribution is -1.99. The second kappa shape index (κ2) is 8.79. The Balaban J connectivity index is 1.85. The van der Waals surface area contributed by atoms with Crippen molar-refractivity contribution >= 4 is 59.7 Å². The van der Waals surface area contributed by atoms with Crippen LogP contribution < -0.4 is 4.74 Å². The summed E-state index contributed by atoms with van der Waals surface area (Å²) in [6.45, 7) is 0.500. The van der Waals surface area contributed by atoms with Gasteiger partial charge in [0.25, 0.3) is 0 Å². The van der Waals surface area contributed by atoms with Crippen molar-refractivity contribution in [3.63, 3.8) is 0 Å². The number of benzene rings is 3. The van der Waals surface area contributed by atoms with Crippen LogP contribution in [-0.2, 0) is 6.61 Å². The Morgan fingerprint density at radius 2 is 1.56 bits per heavy atom. The van der Waals surface area contributed by atoms with Gasteiger partial charge in [0.2, 0.25) is 0 Å². The summed E-state index contributed by atoms with van der Waals surface area (Å²) in [6, 6.07) is 21.9. The molecule has 0 radical (unpaired) electrons. The predicted molar refractivity (Wildman–Crippen MR) is 114 cm³/mol. The van der Waals surface area contributed by atoms with Gasteiger partial charge in [-0.2, -0.15) is 0 Å². The Hall–Kier alpha value is -1.43. The first-order valence-corrected chi connectivity index (χ1v) is 9.95. The largest absolute Gasteiger partial charge is 0.487 e. The zero-order valence-corrected chi connectivity index (χ0v) is 17.9. The minimum Gasteiger partial charge on any atom is -0.487 e. The number of ether oxygens (including phenoxy) is 1. The first kappa shape index (κ1) is 18.4.